The lowest BCUT2D eigenvalue weighted by atomic mass is 10.1. The zero-order valence-corrected chi connectivity index (χ0v) is 11.4. The molecule has 0 saturated carbocycles. The minimum absolute atomic E-state index is 0.0422. The highest BCUT2D eigenvalue weighted by Gasteiger charge is 2.08. The monoisotopic (exact) mass is 260 g/mol. The van der Waals surface area contributed by atoms with Gasteiger partial charge in [0.1, 0.15) is 5.75 Å². The number of thiophene rings is 1. The van der Waals surface area contributed by atoms with E-state index in [2.05, 4.69) is 16.8 Å². The van der Waals surface area contributed by atoms with E-state index in [9.17, 15) is 4.79 Å². The van der Waals surface area contributed by atoms with Gasteiger partial charge in [-0.1, -0.05) is 6.07 Å². The number of rotatable bonds is 5. The Balaban J connectivity index is 2.03. The molecule has 3 heteroatoms. The average molecular weight is 260 g/mol. The van der Waals surface area contributed by atoms with Gasteiger partial charge in [0.25, 0.3) is 0 Å². The van der Waals surface area contributed by atoms with E-state index >= 15 is 0 Å². The van der Waals surface area contributed by atoms with Crippen LogP contribution in [0.4, 0.5) is 0 Å². The van der Waals surface area contributed by atoms with Crippen LogP contribution >= 0.6 is 11.3 Å². The Morgan fingerprint density at radius 3 is 2.83 bits per heavy atom. The largest absolute Gasteiger partial charge is 0.492 e. The second kappa shape index (κ2) is 5.83. The lowest BCUT2D eigenvalue weighted by Gasteiger charge is -2.10. The number of hydrogen-bond donors (Lipinski definition) is 0. The van der Waals surface area contributed by atoms with Crippen molar-refractivity contribution in [3.63, 3.8) is 0 Å². The van der Waals surface area contributed by atoms with Gasteiger partial charge in [-0.3, -0.25) is 4.79 Å². The lowest BCUT2D eigenvalue weighted by Crippen LogP contribution is -2.05. The van der Waals surface area contributed by atoms with Gasteiger partial charge in [-0.15, -0.1) is 0 Å². The van der Waals surface area contributed by atoms with Gasteiger partial charge in [0, 0.05) is 6.42 Å². The van der Waals surface area contributed by atoms with Gasteiger partial charge >= 0.3 is 0 Å². The number of Topliss-reactive ketones (excluding diaryl/α,β-unsaturated/α-hetero) is 1. The van der Waals surface area contributed by atoms with E-state index in [0.29, 0.717) is 17.9 Å². The van der Waals surface area contributed by atoms with Gasteiger partial charge in [0.05, 0.1) is 12.2 Å². The van der Waals surface area contributed by atoms with Crippen LogP contribution in [-0.2, 0) is 6.42 Å². The Hall–Kier alpha value is -1.61. The summed E-state index contributed by atoms with van der Waals surface area (Å²) in [6.07, 6.45) is 0.870. The molecule has 2 aromatic rings. The van der Waals surface area contributed by atoms with Crippen LogP contribution in [0.25, 0.3) is 0 Å². The van der Waals surface area contributed by atoms with Gasteiger partial charge in [0.2, 0.25) is 0 Å². The Morgan fingerprint density at radius 2 is 2.17 bits per heavy atom. The maximum absolute atomic E-state index is 11.5. The van der Waals surface area contributed by atoms with Crippen LogP contribution in [0.1, 0.15) is 28.4 Å². The highest BCUT2D eigenvalue weighted by molar-refractivity contribution is 7.07. The minimum atomic E-state index is 0.0422. The van der Waals surface area contributed by atoms with Gasteiger partial charge in [-0.05, 0) is 53.9 Å². The molecule has 18 heavy (non-hydrogen) atoms. The summed E-state index contributed by atoms with van der Waals surface area (Å²) in [5, 5.41) is 4.18. The summed E-state index contributed by atoms with van der Waals surface area (Å²) in [5.41, 5.74) is 3.04. The third-order valence-corrected chi connectivity index (χ3v) is 3.48. The summed E-state index contributed by atoms with van der Waals surface area (Å²) in [7, 11) is 0. The van der Waals surface area contributed by atoms with Gasteiger partial charge in [-0.25, -0.2) is 0 Å². The van der Waals surface area contributed by atoms with Crippen LogP contribution in [0, 0.1) is 6.92 Å². The number of hydrogen-bond acceptors (Lipinski definition) is 3. The molecular weight excluding hydrogens is 244 g/mol. The summed E-state index contributed by atoms with van der Waals surface area (Å²) < 4.78 is 5.74. The summed E-state index contributed by atoms with van der Waals surface area (Å²) in [5.74, 6) is 0.735. The fourth-order valence-corrected chi connectivity index (χ4v) is 2.46. The number of carbonyl (C=O) groups is 1. The Labute approximate surface area is 111 Å². The third kappa shape index (κ3) is 3.20. The average Bonchev–Trinajstić information content (AvgIpc) is 2.82. The summed E-state index contributed by atoms with van der Waals surface area (Å²) in [4.78, 5) is 11.5. The normalized spacial score (nSPS) is 10.3. The molecule has 0 amide bonds. The second-order valence-electron chi connectivity index (χ2n) is 4.29. The Morgan fingerprint density at radius 1 is 1.33 bits per heavy atom. The van der Waals surface area contributed by atoms with Crippen molar-refractivity contribution >= 4 is 17.1 Å². The molecule has 0 saturated heterocycles. The standard InChI is InChI=1S/C15H16O2S/c1-11-3-4-14(12(2)16)15(9-11)17-7-5-13-6-8-18-10-13/h3-4,6,8-10H,5,7H2,1-2H3. The number of ketones is 1. The molecule has 0 fully saturated rings. The summed E-state index contributed by atoms with van der Waals surface area (Å²) in [6.45, 7) is 4.16. The van der Waals surface area contributed by atoms with Crippen molar-refractivity contribution in [1.29, 1.82) is 0 Å². The van der Waals surface area contributed by atoms with Crippen molar-refractivity contribution in [2.75, 3.05) is 6.61 Å². The van der Waals surface area contributed by atoms with Gasteiger partial charge in [-0.2, -0.15) is 11.3 Å². The molecule has 0 aliphatic carbocycles. The van der Waals surface area contributed by atoms with Crippen LogP contribution < -0.4 is 4.74 Å². The molecule has 0 unspecified atom stereocenters. The number of aryl methyl sites for hydroxylation is 1. The first-order valence-electron chi connectivity index (χ1n) is 5.92. The number of benzene rings is 1. The van der Waals surface area contributed by atoms with Crippen LogP contribution in [0.15, 0.2) is 35.0 Å². The van der Waals surface area contributed by atoms with Crippen molar-refractivity contribution in [2.45, 2.75) is 20.3 Å². The predicted molar refractivity (Wildman–Crippen MR) is 74.7 cm³/mol. The fourth-order valence-electron chi connectivity index (χ4n) is 1.75. The van der Waals surface area contributed by atoms with E-state index in [1.165, 1.54) is 5.56 Å². The van der Waals surface area contributed by atoms with E-state index in [1.807, 2.05) is 25.1 Å². The van der Waals surface area contributed by atoms with E-state index < -0.39 is 0 Å². The van der Waals surface area contributed by atoms with Crippen molar-refractivity contribution in [1.82, 2.24) is 0 Å². The molecule has 1 aromatic carbocycles. The second-order valence-corrected chi connectivity index (χ2v) is 5.07. The highest BCUT2D eigenvalue weighted by Crippen LogP contribution is 2.21. The van der Waals surface area contributed by atoms with Gasteiger partial charge < -0.3 is 4.74 Å². The van der Waals surface area contributed by atoms with Crippen molar-refractivity contribution in [3.8, 4) is 5.75 Å². The first-order chi connectivity index (χ1) is 8.66. The van der Waals surface area contributed by atoms with Crippen LogP contribution in [0.2, 0.25) is 0 Å². The first-order valence-corrected chi connectivity index (χ1v) is 6.86. The molecule has 0 spiro atoms. The van der Waals surface area contributed by atoms with Crippen molar-refractivity contribution in [2.24, 2.45) is 0 Å². The maximum atomic E-state index is 11.5. The van der Waals surface area contributed by atoms with E-state index in [-0.39, 0.29) is 5.78 Å². The number of carbonyl (C=O) groups excluding carboxylic acids is 1. The summed E-state index contributed by atoms with van der Waals surface area (Å²) >= 11 is 1.69. The molecule has 0 radical (unpaired) electrons. The van der Waals surface area contributed by atoms with Gasteiger partial charge in [0.15, 0.2) is 5.78 Å². The lowest BCUT2D eigenvalue weighted by molar-refractivity contribution is 0.101. The predicted octanol–water partition coefficient (Wildman–Crippen LogP) is 3.88. The molecule has 1 heterocycles. The highest BCUT2D eigenvalue weighted by atomic mass is 32.1. The van der Waals surface area contributed by atoms with Crippen LogP contribution in [0.5, 0.6) is 5.75 Å². The zero-order valence-electron chi connectivity index (χ0n) is 10.6. The molecule has 0 N–H and O–H groups in total. The van der Waals surface area contributed by atoms with Crippen LogP contribution in [0.3, 0.4) is 0 Å². The van der Waals surface area contributed by atoms with E-state index in [4.69, 9.17) is 4.74 Å². The fraction of sp³-hybridized carbons (Fsp3) is 0.267. The molecule has 0 aliphatic rings. The minimum Gasteiger partial charge on any atom is -0.492 e. The first kappa shape index (κ1) is 12.8. The van der Waals surface area contributed by atoms with Crippen molar-refractivity contribution in [3.05, 3.63) is 51.7 Å². The smallest absolute Gasteiger partial charge is 0.163 e. The molecule has 1 aromatic heterocycles. The molecule has 2 nitrogen and oxygen atoms in total. The zero-order chi connectivity index (χ0) is 13.0. The number of ether oxygens (including phenoxy) is 1. The van der Waals surface area contributed by atoms with E-state index in [0.717, 1.165) is 12.0 Å². The molecule has 2 rings (SSSR count). The molecule has 0 aliphatic heterocycles. The Bertz CT molecular complexity index is 529. The molecule has 0 bridgehead atoms. The van der Waals surface area contributed by atoms with Crippen LogP contribution in [-0.4, -0.2) is 12.4 Å². The summed E-state index contributed by atoms with van der Waals surface area (Å²) in [6, 6.07) is 7.78. The quantitative estimate of drug-likeness (QED) is 0.763. The third-order valence-electron chi connectivity index (χ3n) is 2.74. The topological polar surface area (TPSA) is 26.3 Å². The maximum Gasteiger partial charge on any atom is 0.163 e. The Kier molecular flexibility index (Phi) is 4.15. The van der Waals surface area contributed by atoms with E-state index in [1.54, 1.807) is 18.3 Å². The molecule has 94 valence electrons. The van der Waals surface area contributed by atoms with Crippen molar-refractivity contribution < 1.29 is 9.53 Å². The SMILES string of the molecule is CC(=O)c1ccc(C)cc1OCCc1ccsc1. The molecule has 0 atom stereocenters. The molecular formula is C15H16O2S.